The average molecular weight is 354 g/mol. The molecule has 1 N–H and O–H groups in total. The van der Waals surface area contributed by atoms with Crippen molar-refractivity contribution in [1.29, 1.82) is 0 Å². The average Bonchev–Trinajstić information content (AvgIpc) is 3.11. The number of fused-ring (bicyclic) bond motifs is 1. The smallest absolute Gasteiger partial charge is 0.273 e. The minimum atomic E-state index is -0.0795. The predicted octanol–water partition coefficient (Wildman–Crippen LogP) is 2.90. The zero-order valence-corrected chi connectivity index (χ0v) is 15.3. The molecular weight excluding hydrogens is 328 g/mol. The fourth-order valence-electron chi connectivity index (χ4n) is 4.01. The van der Waals surface area contributed by atoms with Crippen molar-refractivity contribution in [2.75, 3.05) is 24.5 Å². The Morgan fingerprint density at radius 2 is 2.12 bits per heavy atom. The van der Waals surface area contributed by atoms with Gasteiger partial charge in [-0.05, 0) is 57.1 Å². The van der Waals surface area contributed by atoms with Gasteiger partial charge in [0.15, 0.2) is 5.69 Å². The van der Waals surface area contributed by atoms with Crippen LogP contribution >= 0.6 is 0 Å². The van der Waals surface area contributed by atoms with Gasteiger partial charge in [0, 0.05) is 49.2 Å². The maximum absolute atomic E-state index is 12.5. The largest absolute Gasteiger partial charge is 0.371 e. The van der Waals surface area contributed by atoms with Crippen molar-refractivity contribution in [1.82, 2.24) is 15.5 Å². The molecule has 3 heterocycles. The summed E-state index contributed by atoms with van der Waals surface area (Å²) < 4.78 is 5.35. The van der Waals surface area contributed by atoms with E-state index in [1.54, 1.807) is 0 Å². The van der Waals surface area contributed by atoms with E-state index in [0.29, 0.717) is 18.2 Å². The van der Waals surface area contributed by atoms with E-state index in [-0.39, 0.29) is 5.91 Å². The van der Waals surface area contributed by atoms with Crippen LogP contribution in [0.4, 0.5) is 5.69 Å². The van der Waals surface area contributed by atoms with Crippen molar-refractivity contribution in [2.45, 2.75) is 45.4 Å². The molecule has 0 saturated carbocycles. The summed E-state index contributed by atoms with van der Waals surface area (Å²) in [6.45, 7) is 4.77. The molecule has 0 aromatic carbocycles. The lowest BCUT2D eigenvalue weighted by atomic mass is 9.95. The summed E-state index contributed by atoms with van der Waals surface area (Å²) in [5.41, 5.74) is 3.82. The molecule has 1 amide bonds. The summed E-state index contributed by atoms with van der Waals surface area (Å²) in [5, 5.41) is 7.10. The van der Waals surface area contributed by atoms with Gasteiger partial charge in [-0.2, -0.15) is 0 Å². The van der Waals surface area contributed by atoms with Crippen molar-refractivity contribution in [2.24, 2.45) is 5.92 Å². The Kier molecular flexibility index (Phi) is 4.91. The highest BCUT2D eigenvalue weighted by atomic mass is 16.5. The van der Waals surface area contributed by atoms with Crippen LogP contribution in [0.25, 0.3) is 0 Å². The fraction of sp³-hybridized carbons (Fsp3) is 0.550. The molecule has 1 aliphatic carbocycles. The summed E-state index contributed by atoms with van der Waals surface area (Å²) in [6, 6.07) is 4.21. The van der Waals surface area contributed by atoms with E-state index in [4.69, 9.17) is 4.52 Å². The van der Waals surface area contributed by atoms with E-state index in [9.17, 15) is 4.79 Å². The standard InChI is InChI=1S/C20H26N4O2/c1-14-12-16(6-9-21-14)24-10-7-15(8-11-24)13-22-20(25)19-17-4-2-3-5-18(17)26-23-19/h6,9,12,15H,2-5,7-8,10-11,13H2,1H3,(H,22,25). The molecule has 6 heteroatoms. The van der Waals surface area contributed by atoms with E-state index >= 15 is 0 Å². The number of aryl methyl sites for hydroxylation is 2. The number of nitrogens with zero attached hydrogens (tertiary/aromatic N) is 3. The second-order valence-corrected chi connectivity index (χ2v) is 7.44. The Morgan fingerprint density at radius 1 is 1.31 bits per heavy atom. The topological polar surface area (TPSA) is 71.3 Å². The van der Waals surface area contributed by atoms with Gasteiger partial charge >= 0.3 is 0 Å². The number of aromatic nitrogens is 2. The number of carbonyl (C=O) groups is 1. The van der Waals surface area contributed by atoms with Crippen molar-refractivity contribution >= 4 is 11.6 Å². The molecule has 0 spiro atoms. The minimum Gasteiger partial charge on any atom is -0.371 e. The third-order valence-electron chi connectivity index (χ3n) is 5.58. The highest BCUT2D eigenvalue weighted by Crippen LogP contribution is 2.25. The number of piperidine rings is 1. The number of carbonyl (C=O) groups excluding carboxylic acids is 1. The zero-order valence-electron chi connectivity index (χ0n) is 15.3. The number of rotatable bonds is 4. The summed E-state index contributed by atoms with van der Waals surface area (Å²) >= 11 is 0. The molecule has 6 nitrogen and oxygen atoms in total. The van der Waals surface area contributed by atoms with Gasteiger partial charge in [0.2, 0.25) is 0 Å². The summed E-state index contributed by atoms with van der Waals surface area (Å²) in [6.07, 6.45) is 8.08. The van der Waals surface area contributed by atoms with Gasteiger partial charge in [0.25, 0.3) is 5.91 Å². The van der Waals surface area contributed by atoms with Gasteiger partial charge in [-0.1, -0.05) is 5.16 Å². The van der Waals surface area contributed by atoms with Crippen LogP contribution in [-0.2, 0) is 12.8 Å². The molecular formula is C20H26N4O2. The van der Waals surface area contributed by atoms with Crippen LogP contribution in [0.2, 0.25) is 0 Å². The first-order chi connectivity index (χ1) is 12.7. The lowest BCUT2D eigenvalue weighted by Gasteiger charge is -2.33. The van der Waals surface area contributed by atoms with Crippen LogP contribution in [0.5, 0.6) is 0 Å². The third-order valence-corrected chi connectivity index (χ3v) is 5.58. The highest BCUT2D eigenvalue weighted by Gasteiger charge is 2.25. The lowest BCUT2D eigenvalue weighted by molar-refractivity contribution is 0.0935. The Morgan fingerprint density at radius 3 is 2.92 bits per heavy atom. The Labute approximate surface area is 154 Å². The highest BCUT2D eigenvalue weighted by molar-refractivity contribution is 5.93. The molecule has 26 heavy (non-hydrogen) atoms. The van der Waals surface area contributed by atoms with Gasteiger partial charge in [0.1, 0.15) is 5.76 Å². The first kappa shape index (κ1) is 17.1. The Balaban J connectivity index is 1.28. The van der Waals surface area contributed by atoms with Crippen LogP contribution in [0.1, 0.15) is 53.2 Å². The Bertz CT molecular complexity index is 778. The maximum Gasteiger partial charge on any atom is 0.273 e. The van der Waals surface area contributed by atoms with Crippen LogP contribution < -0.4 is 10.2 Å². The molecule has 138 valence electrons. The van der Waals surface area contributed by atoms with Crippen molar-refractivity contribution in [3.05, 3.63) is 41.0 Å². The fourth-order valence-corrected chi connectivity index (χ4v) is 4.01. The molecule has 0 unspecified atom stereocenters. The number of nitrogens with one attached hydrogen (secondary N) is 1. The first-order valence-electron chi connectivity index (χ1n) is 9.64. The van der Waals surface area contributed by atoms with Gasteiger partial charge in [-0.15, -0.1) is 0 Å². The lowest BCUT2D eigenvalue weighted by Crippen LogP contribution is -2.39. The SMILES string of the molecule is Cc1cc(N2CCC(CNC(=O)c3noc4c3CCCC4)CC2)ccn1. The Hall–Kier alpha value is -2.37. The van der Waals surface area contributed by atoms with Gasteiger partial charge < -0.3 is 14.7 Å². The molecule has 0 atom stereocenters. The third kappa shape index (κ3) is 3.59. The van der Waals surface area contributed by atoms with E-state index < -0.39 is 0 Å². The van der Waals surface area contributed by atoms with E-state index in [2.05, 4.69) is 32.5 Å². The van der Waals surface area contributed by atoms with Crippen LogP contribution in [-0.4, -0.2) is 35.7 Å². The molecule has 1 fully saturated rings. The summed E-state index contributed by atoms with van der Waals surface area (Å²) in [4.78, 5) is 19.2. The number of hydrogen-bond donors (Lipinski definition) is 1. The predicted molar refractivity (Wildman–Crippen MR) is 99.4 cm³/mol. The molecule has 0 bridgehead atoms. The molecule has 4 rings (SSSR count). The molecule has 0 radical (unpaired) electrons. The number of anilines is 1. The molecule has 1 saturated heterocycles. The normalized spacial score (nSPS) is 17.8. The van der Waals surface area contributed by atoms with Gasteiger partial charge in [-0.3, -0.25) is 9.78 Å². The maximum atomic E-state index is 12.5. The second-order valence-electron chi connectivity index (χ2n) is 7.44. The van der Waals surface area contributed by atoms with Gasteiger partial charge in [0.05, 0.1) is 0 Å². The van der Waals surface area contributed by atoms with Crippen molar-refractivity contribution in [3.8, 4) is 0 Å². The monoisotopic (exact) mass is 354 g/mol. The number of hydrogen-bond acceptors (Lipinski definition) is 5. The zero-order chi connectivity index (χ0) is 17.9. The quantitative estimate of drug-likeness (QED) is 0.914. The van der Waals surface area contributed by atoms with E-state index in [0.717, 1.165) is 68.6 Å². The molecule has 2 aromatic heterocycles. The molecule has 1 aliphatic heterocycles. The van der Waals surface area contributed by atoms with Crippen LogP contribution in [0.15, 0.2) is 22.9 Å². The summed E-state index contributed by atoms with van der Waals surface area (Å²) in [7, 11) is 0. The van der Waals surface area contributed by atoms with Crippen LogP contribution in [0, 0.1) is 12.8 Å². The molecule has 2 aromatic rings. The minimum absolute atomic E-state index is 0.0795. The number of pyridine rings is 1. The summed E-state index contributed by atoms with van der Waals surface area (Å²) in [5.74, 6) is 1.34. The van der Waals surface area contributed by atoms with Crippen LogP contribution in [0.3, 0.4) is 0 Å². The van der Waals surface area contributed by atoms with E-state index in [1.807, 2.05) is 13.1 Å². The first-order valence-corrected chi connectivity index (χ1v) is 9.64. The van der Waals surface area contributed by atoms with Gasteiger partial charge in [-0.25, -0.2) is 0 Å². The molecule has 2 aliphatic rings. The second kappa shape index (κ2) is 7.48. The van der Waals surface area contributed by atoms with Crippen molar-refractivity contribution < 1.29 is 9.32 Å². The number of amides is 1. The van der Waals surface area contributed by atoms with E-state index in [1.165, 1.54) is 5.69 Å². The van der Waals surface area contributed by atoms with Crippen molar-refractivity contribution in [3.63, 3.8) is 0 Å².